The molecule has 0 spiro atoms. The van der Waals surface area contributed by atoms with Gasteiger partial charge >= 0.3 is 5.76 Å². The number of nitrogens with one attached hydrogen (secondary N) is 1. The molecule has 2 heterocycles. The van der Waals surface area contributed by atoms with Crippen LogP contribution in [0.3, 0.4) is 0 Å². The van der Waals surface area contributed by atoms with Crippen LogP contribution in [0, 0.1) is 0 Å². The van der Waals surface area contributed by atoms with Crippen molar-refractivity contribution >= 4 is 22.7 Å². The van der Waals surface area contributed by atoms with Crippen LogP contribution in [0.4, 0.5) is 0 Å². The van der Waals surface area contributed by atoms with Gasteiger partial charge in [-0.1, -0.05) is 41.9 Å². The molecule has 1 aliphatic rings. The van der Waals surface area contributed by atoms with E-state index in [9.17, 15) is 15.0 Å². The standard InChI is InChI=1S/C21H23ClN2O4/c22-16-13-18-17(23-20(26)28-18)12-14(16)6-7-19(25)24-10-8-21(27,9-11-24)15-4-2-1-3-5-15/h1-5,12-13,19,25,27H,6-11H2,(H,23,26). The van der Waals surface area contributed by atoms with Gasteiger partial charge < -0.3 is 14.6 Å². The average molecular weight is 403 g/mol. The first-order valence-corrected chi connectivity index (χ1v) is 9.84. The minimum atomic E-state index is -0.834. The Hall–Kier alpha value is -2.12. The molecule has 3 aromatic rings. The van der Waals surface area contributed by atoms with Crippen LogP contribution in [-0.2, 0) is 12.0 Å². The summed E-state index contributed by atoms with van der Waals surface area (Å²) in [5, 5.41) is 22.0. The normalized spacial score (nSPS) is 18.4. The van der Waals surface area contributed by atoms with Gasteiger partial charge in [-0.05, 0) is 42.9 Å². The van der Waals surface area contributed by atoms with Crippen molar-refractivity contribution in [1.29, 1.82) is 0 Å². The lowest BCUT2D eigenvalue weighted by Crippen LogP contribution is -2.47. The predicted octanol–water partition coefficient (Wildman–Crippen LogP) is 3.01. The highest BCUT2D eigenvalue weighted by molar-refractivity contribution is 6.32. The van der Waals surface area contributed by atoms with Gasteiger partial charge in [0.25, 0.3) is 0 Å². The van der Waals surface area contributed by atoms with E-state index in [1.54, 1.807) is 12.1 Å². The summed E-state index contributed by atoms with van der Waals surface area (Å²) < 4.78 is 5.00. The van der Waals surface area contributed by atoms with Gasteiger partial charge in [0.15, 0.2) is 5.58 Å². The summed E-state index contributed by atoms with van der Waals surface area (Å²) in [4.78, 5) is 15.9. The highest BCUT2D eigenvalue weighted by Gasteiger charge is 2.35. The molecular weight excluding hydrogens is 380 g/mol. The molecule has 0 radical (unpaired) electrons. The molecule has 1 unspecified atom stereocenters. The second-order valence-electron chi connectivity index (χ2n) is 7.41. The Morgan fingerprint density at radius 3 is 2.64 bits per heavy atom. The van der Waals surface area contributed by atoms with Gasteiger partial charge in [0.1, 0.15) is 6.23 Å². The number of aliphatic hydroxyl groups is 2. The number of halogens is 1. The second kappa shape index (κ2) is 7.72. The van der Waals surface area contributed by atoms with Crippen LogP contribution in [0.1, 0.15) is 30.4 Å². The SMILES string of the molecule is O=c1[nH]c2cc(CCC(O)N3CCC(O)(c4ccccc4)CC3)c(Cl)cc2o1. The maximum Gasteiger partial charge on any atom is 0.417 e. The summed E-state index contributed by atoms with van der Waals surface area (Å²) in [5.41, 5.74) is 1.97. The Balaban J connectivity index is 1.37. The molecule has 7 heteroatoms. The first-order valence-electron chi connectivity index (χ1n) is 9.46. The van der Waals surface area contributed by atoms with E-state index in [1.807, 2.05) is 35.2 Å². The second-order valence-corrected chi connectivity index (χ2v) is 7.81. The third-order valence-corrected chi connectivity index (χ3v) is 5.97. The lowest BCUT2D eigenvalue weighted by molar-refractivity contribution is -0.0792. The zero-order valence-electron chi connectivity index (χ0n) is 15.4. The number of likely N-dealkylation sites (tertiary alicyclic amines) is 1. The smallest absolute Gasteiger partial charge is 0.408 e. The lowest BCUT2D eigenvalue weighted by atomic mass is 9.84. The molecule has 1 atom stereocenters. The van der Waals surface area contributed by atoms with Gasteiger partial charge in [-0.3, -0.25) is 9.88 Å². The van der Waals surface area contributed by atoms with Crippen molar-refractivity contribution in [1.82, 2.24) is 9.88 Å². The summed E-state index contributed by atoms with van der Waals surface area (Å²) in [6.07, 6.45) is 1.63. The van der Waals surface area contributed by atoms with E-state index in [-0.39, 0.29) is 0 Å². The molecule has 1 saturated heterocycles. The van der Waals surface area contributed by atoms with Gasteiger partial charge in [-0.25, -0.2) is 4.79 Å². The minimum absolute atomic E-state index is 0.426. The number of nitrogens with zero attached hydrogens (tertiary/aromatic N) is 1. The number of H-pyrrole nitrogens is 1. The largest absolute Gasteiger partial charge is 0.417 e. The van der Waals surface area contributed by atoms with Crippen molar-refractivity contribution in [2.45, 2.75) is 37.5 Å². The summed E-state index contributed by atoms with van der Waals surface area (Å²) in [6, 6.07) is 13.1. The molecule has 3 N–H and O–H groups in total. The molecule has 1 aliphatic heterocycles. The van der Waals surface area contributed by atoms with E-state index >= 15 is 0 Å². The molecule has 28 heavy (non-hydrogen) atoms. The van der Waals surface area contributed by atoms with Gasteiger partial charge in [0.2, 0.25) is 0 Å². The maximum absolute atomic E-state index is 11.3. The number of hydrogen-bond acceptors (Lipinski definition) is 5. The topological polar surface area (TPSA) is 89.7 Å². The van der Waals surface area contributed by atoms with E-state index in [4.69, 9.17) is 16.0 Å². The quantitative estimate of drug-likeness (QED) is 0.610. The van der Waals surface area contributed by atoms with E-state index in [1.165, 1.54) is 0 Å². The summed E-state index contributed by atoms with van der Waals surface area (Å²) in [5.74, 6) is -0.512. The molecule has 0 bridgehead atoms. The highest BCUT2D eigenvalue weighted by Crippen LogP contribution is 2.33. The van der Waals surface area contributed by atoms with Crippen molar-refractivity contribution in [2.24, 2.45) is 0 Å². The van der Waals surface area contributed by atoms with Crippen LogP contribution >= 0.6 is 11.6 Å². The molecule has 148 valence electrons. The number of oxazole rings is 1. The summed E-state index contributed by atoms with van der Waals surface area (Å²) >= 11 is 6.28. The number of piperidine rings is 1. The lowest BCUT2D eigenvalue weighted by Gasteiger charge is -2.40. The van der Waals surface area contributed by atoms with Gasteiger partial charge in [0, 0.05) is 24.2 Å². The van der Waals surface area contributed by atoms with E-state index in [2.05, 4.69) is 4.98 Å². The number of aromatic amines is 1. The fourth-order valence-electron chi connectivity index (χ4n) is 3.91. The average Bonchev–Trinajstić information content (AvgIpc) is 3.06. The Kier molecular flexibility index (Phi) is 5.29. The molecule has 0 aliphatic carbocycles. The van der Waals surface area contributed by atoms with Crippen LogP contribution < -0.4 is 5.76 Å². The molecule has 1 aromatic heterocycles. The number of aromatic nitrogens is 1. The van der Waals surface area contributed by atoms with Crippen LogP contribution in [0.25, 0.3) is 11.1 Å². The Labute approximate surface area is 167 Å². The molecule has 2 aromatic carbocycles. The van der Waals surface area contributed by atoms with Crippen LogP contribution in [0.5, 0.6) is 0 Å². The van der Waals surface area contributed by atoms with Crippen LogP contribution in [-0.4, -0.2) is 39.4 Å². The molecule has 0 amide bonds. The summed E-state index contributed by atoms with van der Waals surface area (Å²) in [6.45, 7) is 1.24. The van der Waals surface area contributed by atoms with E-state index in [0.717, 1.165) is 11.1 Å². The minimum Gasteiger partial charge on any atom is -0.408 e. The molecule has 0 saturated carbocycles. The monoisotopic (exact) mass is 402 g/mol. The molecule has 1 fully saturated rings. The third kappa shape index (κ3) is 3.86. The third-order valence-electron chi connectivity index (χ3n) is 5.62. The van der Waals surface area contributed by atoms with Crippen molar-refractivity contribution in [3.8, 4) is 0 Å². The zero-order chi connectivity index (χ0) is 19.7. The first kappa shape index (κ1) is 19.2. The van der Waals surface area contributed by atoms with E-state index < -0.39 is 17.6 Å². The van der Waals surface area contributed by atoms with Crippen molar-refractivity contribution in [3.63, 3.8) is 0 Å². The van der Waals surface area contributed by atoms with Crippen LogP contribution in [0.2, 0.25) is 5.02 Å². The fourth-order valence-corrected chi connectivity index (χ4v) is 4.15. The Morgan fingerprint density at radius 1 is 1.21 bits per heavy atom. The fraction of sp³-hybridized carbons (Fsp3) is 0.381. The van der Waals surface area contributed by atoms with E-state index in [0.29, 0.717) is 54.9 Å². The number of benzene rings is 2. The Morgan fingerprint density at radius 2 is 1.93 bits per heavy atom. The maximum atomic E-state index is 11.3. The molecular formula is C21H23ClN2O4. The molecule has 6 nitrogen and oxygen atoms in total. The highest BCUT2D eigenvalue weighted by atomic mass is 35.5. The summed E-state index contributed by atoms with van der Waals surface area (Å²) in [7, 11) is 0. The number of rotatable bonds is 5. The van der Waals surface area contributed by atoms with Gasteiger partial charge in [-0.15, -0.1) is 0 Å². The zero-order valence-corrected chi connectivity index (χ0v) is 16.2. The van der Waals surface area contributed by atoms with Crippen molar-refractivity contribution < 1.29 is 14.6 Å². The molecule has 4 rings (SSSR count). The van der Waals surface area contributed by atoms with Crippen molar-refractivity contribution in [3.05, 3.63) is 69.2 Å². The Bertz CT molecular complexity index is 1010. The van der Waals surface area contributed by atoms with Crippen LogP contribution in [0.15, 0.2) is 51.7 Å². The number of aryl methyl sites for hydroxylation is 1. The number of hydrogen-bond donors (Lipinski definition) is 3. The number of fused-ring (bicyclic) bond motifs is 1. The predicted molar refractivity (Wildman–Crippen MR) is 107 cm³/mol. The number of aliphatic hydroxyl groups excluding tert-OH is 1. The van der Waals surface area contributed by atoms with Gasteiger partial charge in [0.05, 0.1) is 11.1 Å². The van der Waals surface area contributed by atoms with Crippen molar-refractivity contribution in [2.75, 3.05) is 13.1 Å². The first-order chi connectivity index (χ1) is 13.4. The van der Waals surface area contributed by atoms with Gasteiger partial charge in [-0.2, -0.15) is 0 Å².